The van der Waals surface area contributed by atoms with E-state index >= 15 is 0 Å². The van der Waals surface area contributed by atoms with E-state index in [1.807, 2.05) is 0 Å². The molecule has 0 aromatic rings. The van der Waals surface area contributed by atoms with Crippen molar-refractivity contribution in [3.05, 3.63) is 23.7 Å². The zero-order valence-corrected chi connectivity index (χ0v) is 13.2. The molecule has 170 valence electrons. The SMILES string of the molecule is O.O=C(/C=C(\O)C(F)(F)F)C(F)(F)F.O=C(/C=C(\O)C(F)(F)F)C(F)(F)F.[Ni]. The molecular formula is C10H6F12NiO5. The van der Waals surface area contributed by atoms with Crippen LogP contribution in [-0.2, 0) is 26.1 Å². The van der Waals surface area contributed by atoms with Crippen molar-refractivity contribution in [3.63, 3.8) is 0 Å². The van der Waals surface area contributed by atoms with Crippen molar-refractivity contribution in [1.82, 2.24) is 0 Å². The number of carbonyl (C=O) groups is 2. The van der Waals surface area contributed by atoms with Crippen LogP contribution in [0.25, 0.3) is 0 Å². The number of aliphatic hydroxyl groups excluding tert-OH is 2. The molecule has 0 bridgehead atoms. The molecule has 0 atom stereocenters. The van der Waals surface area contributed by atoms with Crippen LogP contribution in [0.2, 0.25) is 0 Å². The van der Waals surface area contributed by atoms with Gasteiger partial charge in [0.1, 0.15) is 0 Å². The van der Waals surface area contributed by atoms with Crippen molar-refractivity contribution >= 4 is 11.6 Å². The maximum atomic E-state index is 11.4. The maximum Gasteiger partial charge on any atom is 0.454 e. The molecule has 28 heavy (non-hydrogen) atoms. The van der Waals surface area contributed by atoms with Crippen molar-refractivity contribution in [1.29, 1.82) is 0 Å². The Balaban J connectivity index is -0.000000192. The number of carbonyl (C=O) groups excluding carboxylic acids is 2. The molecule has 0 aliphatic rings. The average Bonchev–Trinajstić information content (AvgIpc) is 2.34. The molecule has 0 aliphatic heterocycles. The van der Waals surface area contributed by atoms with Gasteiger partial charge >= 0.3 is 24.7 Å². The van der Waals surface area contributed by atoms with E-state index in [-0.39, 0.29) is 22.0 Å². The fraction of sp³-hybridized carbons (Fsp3) is 0.400. The molecule has 4 N–H and O–H groups in total. The third-order valence-corrected chi connectivity index (χ3v) is 1.68. The number of aliphatic hydroxyl groups is 2. The second-order valence-corrected chi connectivity index (χ2v) is 3.78. The molecule has 0 aliphatic carbocycles. The zero-order chi connectivity index (χ0) is 21.7. The number of hydrogen-bond acceptors (Lipinski definition) is 4. The Morgan fingerprint density at radius 2 is 0.714 bits per heavy atom. The number of allylic oxidation sites excluding steroid dienone is 4. The van der Waals surface area contributed by atoms with Crippen LogP contribution in [-0.4, -0.2) is 52.0 Å². The molecule has 0 fully saturated rings. The quantitative estimate of drug-likeness (QED) is 0.267. The molecule has 0 amide bonds. The molecule has 0 heterocycles. The Morgan fingerprint density at radius 3 is 0.821 bits per heavy atom. The first-order valence-electron chi connectivity index (χ1n) is 5.28. The van der Waals surface area contributed by atoms with Gasteiger partial charge in [0.15, 0.2) is 0 Å². The van der Waals surface area contributed by atoms with E-state index in [9.17, 15) is 62.3 Å². The monoisotopic (exact) mass is 492 g/mol. The summed E-state index contributed by atoms with van der Waals surface area (Å²) < 4.78 is 136. The summed E-state index contributed by atoms with van der Waals surface area (Å²) in [6.07, 6.45) is -23.4. The molecule has 0 rings (SSSR count). The smallest absolute Gasteiger partial charge is 0.454 e. The Bertz CT molecular complexity index is 530. The predicted molar refractivity (Wildman–Crippen MR) is 59.3 cm³/mol. The standard InChI is InChI=1S/2C5H2F6O2.Ni.H2O/c2*6-4(7,8)2(12)1-3(13)5(9,10)11;;/h2*1,12H;;1H2/b2*2-1-;;. The van der Waals surface area contributed by atoms with Gasteiger partial charge in [-0.25, -0.2) is 0 Å². The number of ketones is 2. The molecule has 0 saturated heterocycles. The molecule has 5 nitrogen and oxygen atoms in total. The molecule has 0 radical (unpaired) electrons. The summed E-state index contributed by atoms with van der Waals surface area (Å²) in [5.41, 5.74) is 0. The fourth-order valence-electron chi connectivity index (χ4n) is 0.576. The van der Waals surface area contributed by atoms with Crippen LogP contribution in [0.4, 0.5) is 52.7 Å². The molecule has 0 aromatic carbocycles. The minimum Gasteiger partial charge on any atom is -0.504 e. The largest absolute Gasteiger partial charge is 0.504 e. The van der Waals surface area contributed by atoms with Gasteiger partial charge in [-0.05, 0) is 0 Å². The molecular weight excluding hydrogens is 487 g/mol. The number of hydrogen-bond donors (Lipinski definition) is 2. The van der Waals surface area contributed by atoms with Crippen LogP contribution < -0.4 is 0 Å². The first-order valence-corrected chi connectivity index (χ1v) is 5.28. The average molecular weight is 493 g/mol. The van der Waals surface area contributed by atoms with Crippen LogP contribution in [0.3, 0.4) is 0 Å². The normalized spacial score (nSPS) is 13.4. The first kappa shape index (κ1) is 33.6. The molecule has 0 spiro atoms. The van der Waals surface area contributed by atoms with E-state index in [2.05, 4.69) is 0 Å². The molecule has 18 heteroatoms. The van der Waals surface area contributed by atoms with Gasteiger partial charge in [0.25, 0.3) is 11.6 Å². The van der Waals surface area contributed by atoms with Gasteiger partial charge in [0.2, 0.25) is 11.5 Å². The summed E-state index contributed by atoms with van der Waals surface area (Å²) in [5, 5.41) is 15.9. The van der Waals surface area contributed by atoms with Crippen molar-refractivity contribution in [2.45, 2.75) is 24.7 Å². The van der Waals surface area contributed by atoms with Gasteiger partial charge in [-0.1, -0.05) is 0 Å². The summed E-state index contributed by atoms with van der Waals surface area (Å²) in [5.74, 6) is -10.7. The van der Waals surface area contributed by atoms with E-state index in [1.165, 1.54) is 0 Å². The third kappa shape index (κ3) is 14.1. The summed E-state index contributed by atoms with van der Waals surface area (Å²) >= 11 is 0. The van der Waals surface area contributed by atoms with E-state index in [4.69, 9.17) is 10.2 Å². The summed E-state index contributed by atoms with van der Waals surface area (Å²) in [7, 11) is 0. The Labute approximate surface area is 155 Å². The summed E-state index contributed by atoms with van der Waals surface area (Å²) in [6.45, 7) is 0. The Morgan fingerprint density at radius 1 is 0.536 bits per heavy atom. The number of alkyl halides is 12. The molecule has 0 aromatic heterocycles. The van der Waals surface area contributed by atoms with Crippen molar-refractivity contribution in [3.8, 4) is 0 Å². The van der Waals surface area contributed by atoms with E-state index < -0.39 is 59.9 Å². The van der Waals surface area contributed by atoms with Crippen LogP contribution in [0.5, 0.6) is 0 Å². The van der Waals surface area contributed by atoms with Crippen molar-refractivity contribution in [2.24, 2.45) is 0 Å². The van der Waals surface area contributed by atoms with Gasteiger partial charge in [0.05, 0.1) is 0 Å². The van der Waals surface area contributed by atoms with Gasteiger partial charge in [-0.2, -0.15) is 52.7 Å². The van der Waals surface area contributed by atoms with Crippen LogP contribution in [0.1, 0.15) is 0 Å². The Hall–Kier alpha value is -1.97. The van der Waals surface area contributed by atoms with Crippen molar-refractivity contribution in [2.75, 3.05) is 0 Å². The predicted octanol–water partition coefficient (Wildman–Crippen LogP) is 3.42. The second kappa shape index (κ2) is 11.1. The minimum atomic E-state index is -5.42. The third-order valence-electron chi connectivity index (χ3n) is 1.68. The summed E-state index contributed by atoms with van der Waals surface area (Å²) in [4.78, 5) is 19.7. The van der Waals surface area contributed by atoms with Crippen LogP contribution in [0, 0.1) is 0 Å². The minimum absolute atomic E-state index is 0. The van der Waals surface area contributed by atoms with E-state index in [0.717, 1.165) is 0 Å². The molecule has 0 saturated carbocycles. The fourth-order valence-corrected chi connectivity index (χ4v) is 0.576. The number of halogens is 12. The van der Waals surface area contributed by atoms with E-state index in [0.29, 0.717) is 0 Å². The number of rotatable bonds is 2. The van der Waals surface area contributed by atoms with Gasteiger partial charge in [-0.3, -0.25) is 9.59 Å². The van der Waals surface area contributed by atoms with Gasteiger partial charge in [0, 0.05) is 28.6 Å². The second-order valence-electron chi connectivity index (χ2n) is 3.78. The van der Waals surface area contributed by atoms with Gasteiger partial charge < -0.3 is 15.7 Å². The summed E-state index contributed by atoms with van der Waals surface area (Å²) in [6, 6.07) is 0. The maximum absolute atomic E-state index is 11.4. The topological polar surface area (TPSA) is 106 Å². The first-order chi connectivity index (χ1) is 11.1. The van der Waals surface area contributed by atoms with Crippen LogP contribution in [0.15, 0.2) is 23.7 Å². The van der Waals surface area contributed by atoms with Crippen LogP contribution >= 0.6 is 0 Å². The van der Waals surface area contributed by atoms with E-state index in [1.54, 1.807) is 0 Å². The van der Waals surface area contributed by atoms with Crippen molar-refractivity contribution < 1.29 is 94.5 Å². The van der Waals surface area contributed by atoms with Gasteiger partial charge in [-0.15, -0.1) is 0 Å². The Kier molecular flexibility index (Phi) is 13.4. The molecule has 0 unspecified atom stereocenters. The zero-order valence-electron chi connectivity index (χ0n) is 12.2.